The lowest BCUT2D eigenvalue weighted by atomic mass is 10.3. The van der Waals surface area contributed by atoms with Gasteiger partial charge in [0.1, 0.15) is 10.6 Å². The standard InChI is InChI=1S/C15H13ClN2O5S/c1-18-11-5-4-10(8-13(11)23-15(18)19)17-24(20,21)14-7-9(16)3-6-12(14)22-2/h3-8,17H,1-2H3. The molecule has 0 aliphatic heterocycles. The third-order valence-electron chi connectivity index (χ3n) is 3.46. The van der Waals surface area contributed by atoms with Crippen LogP contribution in [0.25, 0.3) is 11.1 Å². The molecular formula is C15H13ClN2O5S. The van der Waals surface area contributed by atoms with Gasteiger partial charge in [-0.15, -0.1) is 0 Å². The molecule has 9 heteroatoms. The van der Waals surface area contributed by atoms with Crippen LogP contribution in [0.4, 0.5) is 5.69 Å². The summed E-state index contributed by atoms with van der Waals surface area (Å²) < 4.78 is 39.1. The van der Waals surface area contributed by atoms with Crippen molar-refractivity contribution in [3.05, 3.63) is 52.0 Å². The van der Waals surface area contributed by atoms with E-state index < -0.39 is 15.8 Å². The topological polar surface area (TPSA) is 90.5 Å². The molecule has 0 fully saturated rings. The number of rotatable bonds is 4. The number of fused-ring (bicyclic) bond motifs is 1. The lowest BCUT2D eigenvalue weighted by molar-refractivity contribution is 0.403. The molecule has 0 amide bonds. The van der Waals surface area contributed by atoms with Crippen LogP contribution in [-0.4, -0.2) is 20.1 Å². The summed E-state index contributed by atoms with van der Waals surface area (Å²) in [6.45, 7) is 0. The Morgan fingerprint density at radius 2 is 1.96 bits per heavy atom. The van der Waals surface area contributed by atoms with E-state index in [2.05, 4.69) is 4.72 Å². The van der Waals surface area contributed by atoms with E-state index in [0.29, 0.717) is 5.52 Å². The monoisotopic (exact) mass is 368 g/mol. The number of nitrogens with one attached hydrogen (secondary N) is 1. The van der Waals surface area contributed by atoms with Crippen molar-refractivity contribution in [1.82, 2.24) is 4.57 Å². The number of methoxy groups -OCH3 is 1. The minimum Gasteiger partial charge on any atom is -0.495 e. The fourth-order valence-electron chi connectivity index (χ4n) is 2.27. The van der Waals surface area contributed by atoms with Crippen LogP contribution in [0.5, 0.6) is 5.75 Å². The van der Waals surface area contributed by atoms with Gasteiger partial charge in [0.25, 0.3) is 10.0 Å². The summed E-state index contributed by atoms with van der Waals surface area (Å²) in [7, 11) is -1.00. The zero-order chi connectivity index (χ0) is 17.5. The average Bonchev–Trinajstić information content (AvgIpc) is 2.81. The van der Waals surface area contributed by atoms with Gasteiger partial charge in [0, 0.05) is 18.1 Å². The molecular weight excluding hydrogens is 356 g/mol. The van der Waals surface area contributed by atoms with Crippen LogP contribution in [0.3, 0.4) is 0 Å². The molecule has 0 bridgehead atoms. The molecule has 0 aliphatic carbocycles. The number of benzene rings is 2. The molecule has 24 heavy (non-hydrogen) atoms. The van der Waals surface area contributed by atoms with Gasteiger partial charge in [0.15, 0.2) is 5.58 Å². The molecule has 3 rings (SSSR count). The molecule has 3 aromatic rings. The van der Waals surface area contributed by atoms with E-state index in [0.717, 1.165) is 0 Å². The SMILES string of the molecule is COc1ccc(Cl)cc1S(=O)(=O)Nc1ccc2c(c1)oc(=O)n2C. The van der Waals surface area contributed by atoms with Crippen LogP contribution in [0.2, 0.25) is 5.02 Å². The molecule has 7 nitrogen and oxygen atoms in total. The smallest absolute Gasteiger partial charge is 0.419 e. The fraction of sp³-hybridized carbons (Fsp3) is 0.133. The molecule has 0 aliphatic rings. The predicted molar refractivity (Wildman–Crippen MR) is 90.3 cm³/mol. The van der Waals surface area contributed by atoms with E-state index in [9.17, 15) is 13.2 Å². The summed E-state index contributed by atoms with van der Waals surface area (Å²) in [4.78, 5) is 11.4. The van der Waals surface area contributed by atoms with Crippen LogP contribution in [0.1, 0.15) is 0 Å². The van der Waals surface area contributed by atoms with E-state index in [-0.39, 0.29) is 26.9 Å². The molecule has 0 atom stereocenters. The number of aromatic nitrogens is 1. The van der Waals surface area contributed by atoms with Crippen LogP contribution >= 0.6 is 11.6 Å². The van der Waals surface area contributed by atoms with Crippen molar-refractivity contribution in [1.29, 1.82) is 0 Å². The highest BCUT2D eigenvalue weighted by Crippen LogP contribution is 2.29. The molecule has 1 N–H and O–H groups in total. The largest absolute Gasteiger partial charge is 0.495 e. The van der Waals surface area contributed by atoms with Crippen molar-refractivity contribution in [3.8, 4) is 5.75 Å². The van der Waals surface area contributed by atoms with Crippen molar-refractivity contribution in [2.75, 3.05) is 11.8 Å². The van der Waals surface area contributed by atoms with Crippen molar-refractivity contribution >= 4 is 38.4 Å². The lowest BCUT2D eigenvalue weighted by Gasteiger charge is -2.12. The molecule has 0 unspecified atom stereocenters. The van der Waals surface area contributed by atoms with Gasteiger partial charge in [0.2, 0.25) is 0 Å². The van der Waals surface area contributed by atoms with E-state index in [1.165, 1.54) is 42.0 Å². The molecule has 126 valence electrons. The number of ether oxygens (including phenoxy) is 1. The first-order valence-electron chi connectivity index (χ1n) is 6.78. The minimum absolute atomic E-state index is 0.0906. The van der Waals surface area contributed by atoms with Crippen LogP contribution in [-0.2, 0) is 17.1 Å². The van der Waals surface area contributed by atoms with Gasteiger partial charge in [-0.1, -0.05) is 11.6 Å². The van der Waals surface area contributed by atoms with Gasteiger partial charge in [-0.2, -0.15) is 0 Å². The van der Waals surface area contributed by atoms with E-state index in [1.54, 1.807) is 13.1 Å². The van der Waals surface area contributed by atoms with Gasteiger partial charge in [-0.3, -0.25) is 9.29 Å². The van der Waals surface area contributed by atoms with Gasteiger partial charge < -0.3 is 9.15 Å². The number of halogens is 1. The van der Waals surface area contributed by atoms with Crippen molar-refractivity contribution in [2.45, 2.75) is 4.90 Å². The van der Waals surface area contributed by atoms with Gasteiger partial charge >= 0.3 is 5.76 Å². The maximum Gasteiger partial charge on any atom is 0.419 e. The number of hydrogen-bond donors (Lipinski definition) is 1. The highest BCUT2D eigenvalue weighted by molar-refractivity contribution is 7.92. The number of hydrogen-bond acceptors (Lipinski definition) is 5. The normalized spacial score (nSPS) is 11.6. The van der Waals surface area contributed by atoms with Gasteiger partial charge in [-0.25, -0.2) is 13.2 Å². The predicted octanol–water partition coefficient (Wildman–Crippen LogP) is 2.59. The number of sulfonamides is 1. The average molecular weight is 369 g/mol. The molecule has 0 radical (unpaired) electrons. The second-order valence-corrected chi connectivity index (χ2v) is 7.10. The summed E-state index contributed by atoms with van der Waals surface area (Å²) in [5, 5.41) is 0.265. The molecule has 0 saturated carbocycles. The highest BCUT2D eigenvalue weighted by atomic mass is 35.5. The lowest BCUT2D eigenvalue weighted by Crippen LogP contribution is -2.14. The Hall–Kier alpha value is -2.45. The van der Waals surface area contributed by atoms with Gasteiger partial charge in [0.05, 0.1) is 18.3 Å². The Balaban J connectivity index is 2.04. The minimum atomic E-state index is -3.94. The summed E-state index contributed by atoms with van der Waals surface area (Å²) in [5.41, 5.74) is 1.09. The van der Waals surface area contributed by atoms with Crippen LogP contribution in [0.15, 0.2) is 50.5 Å². The molecule has 2 aromatic carbocycles. The van der Waals surface area contributed by atoms with Crippen LogP contribution in [0, 0.1) is 0 Å². The highest BCUT2D eigenvalue weighted by Gasteiger charge is 2.20. The Labute approximate surface area is 142 Å². The first-order valence-corrected chi connectivity index (χ1v) is 8.64. The maximum atomic E-state index is 12.6. The number of nitrogens with zero attached hydrogens (tertiary/aromatic N) is 1. The van der Waals surface area contributed by atoms with Crippen molar-refractivity contribution in [2.24, 2.45) is 7.05 Å². The third kappa shape index (κ3) is 2.85. The van der Waals surface area contributed by atoms with Gasteiger partial charge in [-0.05, 0) is 30.3 Å². The summed E-state index contributed by atoms with van der Waals surface area (Å²) in [6, 6.07) is 8.86. The van der Waals surface area contributed by atoms with E-state index in [4.69, 9.17) is 20.8 Å². The number of oxazole rings is 1. The molecule has 0 saturated heterocycles. The number of anilines is 1. The maximum absolute atomic E-state index is 12.6. The summed E-state index contributed by atoms with van der Waals surface area (Å²) in [5.74, 6) is -0.360. The quantitative estimate of drug-likeness (QED) is 0.764. The Bertz CT molecular complexity index is 1080. The molecule has 0 spiro atoms. The summed E-state index contributed by atoms with van der Waals surface area (Å²) in [6.07, 6.45) is 0. The second kappa shape index (κ2) is 5.88. The molecule has 1 aromatic heterocycles. The van der Waals surface area contributed by atoms with Crippen LogP contribution < -0.4 is 15.2 Å². The van der Waals surface area contributed by atoms with E-state index >= 15 is 0 Å². The Morgan fingerprint density at radius 1 is 1.21 bits per heavy atom. The zero-order valence-electron chi connectivity index (χ0n) is 12.7. The zero-order valence-corrected chi connectivity index (χ0v) is 14.3. The first-order chi connectivity index (χ1) is 11.3. The van der Waals surface area contributed by atoms with Crippen molar-refractivity contribution < 1.29 is 17.6 Å². The summed E-state index contributed by atoms with van der Waals surface area (Å²) >= 11 is 5.88. The fourth-order valence-corrected chi connectivity index (χ4v) is 3.75. The molecule has 1 heterocycles. The Kier molecular flexibility index (Phi) is 4.02. The third-order valence-corrected chi connectivity index (χ3v) is 5.10. The van der Waals surface area contributed by atoms with E-state index in [1.807, 2.05) is 0 Å². The van der Waals surface area contributed by atoms with Crippen molar-refractivity contribution in [3.63, 3.8) is 0 Å². The number of aryl methyl sites for hydroxylation is 1. The first kappa shape index (κ1) is 16.4. The Morgan fingerprint density at radius 3 is 2.67 bits per heavy atom. The second-order valence-electron chi connectivity index (χ2n) is 5.01.